The lowest BCUT2D eigenvalue weighted by Gasteiger charge is -2.29. The van der Waals surface area contributed by atoms with Crippen molar-refractivity contribution in [3.05, 3.63) is 33.9 Å². The highest BCUT2D eigenvalue weighted by Crippen LogP contribution is 2.33. The molecule has 0 aliphatic rings. The zero-order valence-corrected chi connectivity index (χ0v) is 10.6. The van der Waals surface area contributed by atoms with Gasteiger partial charge in [-0.2, -0.15) is 0 Å². The molecule has 1 N–H and O–H groups in total. The van der Waals surface area contributed by atoms with Gasteiger partial charge >= 0.3 is 0 Å². The van der Waals surface area contributed by atoms with E-state index in [0.717, 1.165) is 12.1 Å². The predicted molar refractivity (Wildman–Crippen MR) is 65.6 cm³/mol. The van der Waals surface area contributed by atoms with Crippen LogP contribution in [0.1, 0.15) is 33.6 Å². The van der Waals surface area contributed by atoms with E-state index in [1.807, 2.05) is 13.8 Å². The number of anilines is 1. The van der Waals surface area contributed by atoms with Crippen LogP contribution in [0.15, 0.2) is 12.1 Å². The van der Waals surface area contributed by atoms with E-state index in [1.54, 1.807) is 6.92 Å². The van der Waals surface area contributed by atoms with E-state index in [0.29, 0.717) is 12.8 Å². The van der Waals surface area contributed by atoms with Crippen molar-refractivity contribution in [3.63, 3.8) is 0 Å². The second-order valence-electron chi connectivity index (χ2n) is 4.41. The molecule has 6 heteroatoms. The van der Waals surface area contributed by atoms with Crippen LogP contribution >= 0.6 is 0 Å². The molecule has 1 rings (SSSR count). The molecule has 0 heterocycles. The monoisotopic (exact) mass is 258 g/mol. The molecule has 0 unspecified atom stereocenters. The standard InChI is InChI=1S/C12H16F2N2O2/c1-4-12(3,5-2)15-11-9(16(17)18)7-6-8(13)10(11)14/h6-7,15H,4-5H2,1-3H3. The molecule has 18 heavy (non-hydrogen) atoms. The molecule has 1 aromatic carbocycles. The first-order chi connectivity index (χ1) is 8.34. The van der Waals surface area contributed by atoms with Crippen LogP contribution in [0.5, 0.6) is 0 Å². The van der Waals surface area contributed by atoms with Crippen LogP contribution in [-0.2, 0) is 0 Å². The maximum Gasteiger partial charge on any atom is 0.295 e. The van der Waals surface area contributed by atoms with Crippen molar-refractivity contribution in [3.8, 4) is 0 Å². The van der Waals surface area contributed by atoms with Crippen molar-refractivity contribution >= 4 is 11.4 Å². The van der Waals surface area contributed by atoms with Crippen molar-refractivity contribution < 1.29 is 13.7 Å². The Morgan fingerprint density at radius 2 is 1.89 bits per heavy atom. The van der Waals surface area contributed by atoms with Gasteiger partial charge in [0.1, 0.15) is 0 Å². The van der Waals surface area contributed by atoms with Crippen LogP contribution in [0.25, 0.3) is 0 Å². The summed E-state index contributed by atoms with van der Waals surface area (Å²) in [6, 6.07) is 1.72. The average Bonchev–Trinajstić information content (AvgIpc) is 2.34. The lowest BCUT2D eigenvalue weighted by Crippen LogP contribution is -2.33. The molecule has 0 radical (unpaired) electrons. The van der Waals surface area contributed by atoms with E-state index in [4.69, 9.17) is 0 Å². The molecule has 100 valence electrons. The van der Waals surface area contributed by atoms with Gasteiger partial charge in [0.15, 0.2) is 17.3 Å². The van der Waals surface area contributed by atoms with Crippen LogP contribution in [0.4, 0.5) is 20.2 Å². The minimum Gasteiger partial charge on any atom is -0.372 e. The Bertz CT molecular complexity index is 460. The van der Waals surface area contributed by atoms with Crippen molar-refractivity contribution in [2.24, 2.45) is 0 Å². The zero-order valence-electron chi connectivity index (χ0n) is 10.6. The molecule has 0 amide bonds. The summed E-state index contributed by atoms with van der Waals surface area (Å²) < 4.78 is 26.9. The first-order valence-corrected chi connectivity index (χ1v) is 5.75. The number of nitrogens with zero attached hydrogens (tertiary/aromatic N) is 1. The lowest BCUT2D eigenvalue weighted by molar-refractivity contribution is -0.384. The Hall–Kier alpha value is -1.72. The molecule has 0 atom stereocenters. The molecule has 0 aromatic heterocycles. The molecular weight excluding hydrogens is 242 g/mol. The number of hydrogen-bond donors (Lipinski definition) is 1. The molecular formula is C12H16F2N2O2. The first-order valence-electron chi connectivity index (χ1n) is 5.75. The number of nitro groups is 1. The van der Waals surface area contributed by atoms with E-state index in [2.05, 4.69) is 5.32 Å². The Kier molecular flexibility index (Phi) is 4.21. The predicted octanol–water partition coefficient (Wildman–Crippen LogP) is 3.86. The van der Waals surface area contributed by atoms with E-state index >= 15 is 0 Å². The van der Waals surface area contributed by atoms with Gasteiger partial charge in [0.05, 0.1) is 4.92 Å². The van der Waals surface area contributed by atoms with Gasteiger partial charge in [-0.05, 0) is 25.8 Å². The summed E-state index contributed by atoms with van der Waals surface area (Å²) in [7, 11) is 0. The maximum absolute atomic E-state index is 13.7. The van der Waals surface area contributed by atoms with E-state index in [-0.39, 0.29) is 5.69 Å². The highest BCUT2D eigenvalue weighted by molar-refractivity contribution is 5.63. The molecule has 0 saturated heterocycles. The molecule has 0 spiro atoms. The Balaban J connectivity index is 3.29. The van der Waals surface area contributed by atoms with Gasteiger partial charge in [0, 0.05) is 11.6 Å². The fourth-order valence-corrected chi connectivity index (χ4v) is 1.54. The molecule has 0 fully saturated rings. The van der Waals surface area contributed by atoms with Crippen molar-refractivity contribution in [1.82, 2.24) is 0 Å². The highest BCUT2D eigenvalue weighted by Gasteiger charge is 2.28. The fraction of sp³-hybridized carbons (Fsp3) is 0.500. The Morgan fingerprint density at radius 1 is 1.33 bits per heavy atom. The summed E-state index contributed by atoms with van der Waals surface area (Å²) in [6.45, 7) is 5.56. The third kappa shape index (κ3) is 2.75. The zero-order chi connectivity index (χ0) is 13.9. The lowest BCUT2D eigenvalue weighted by atomic mass is 9.95. The first kappa shape index (κ1) is 14.3. The number of nitrogens with one attached hydrogen (secondary N) is 1. The summed E-state index contributed by atoms with van der Waals surface area (Å²) in [6.07, 6.45) is 1.27. The van der Waals surface area contributed by atoms with Crippen molar-refractivity contribution in [2.75, 3.05) is 5.32 Å². The number of nitro benzene ring substituents is 1. The minimum atomic E-state index is -1.21. The van der Waals surface area contributed by atoms with Crippen LogP contribution in [0.3, 0.4) is 0 Å². The normalized spacial score (nSPS) is 11.4. The van der Waals surface area contributed by atoms with E-state index < -0.39 is 27.8 Å². The fourth-order valence-electron chi connectivity index (χ4n) is 1.54. The minimum absolute atomic E-state index is 0.383. The third-order valence-corrected chi connectivity index (χ3v) is 3.26. The summed E-state index contributed by atoms with van der Waals surface area (Å²) >= 11 is 0. The van der Waals surface area contributed by atoms with Gasteiger partial charge in [-0.3, -0.25) is 10.1 Å². The summed E-state index contributed by atoms with van der Waals surface area (Å²) in [5.74, 6) is -2.31. The van der Waals surface area contributed by atoms with Gasteiger partial charge in [0.25, 0.3) is 5.69 Å². The molecule has 4 nitrogen and oxygen atoms in total. The summed E-state index contributed by atoms with van der Waals surface area (Å²) in [4.78, 5) is 10.1. The van der Waals surface area contributed by atoms with Crippen LogP contribution in [0, 0.1) is 21.7 Å². The second-order valence-corrected chi connectivity index (χ2v) is 4.41. The molecule has 0 bridgehead atoms. The van der Waals surface area contributed by atoms with Crippen molar-refractivity contribution in [2.45, 2.75) is 39.2 Å². The van der Waals surface area contributed by atoms with Gasteiger partial charge in [-0.15, -0.1) is 0 Å². The topological polar surface area (TPSA) is 55.2 Å². The largest absolute Gasteiger partial charge is 0.372 e. The van der Waals surface area contributed by atoms with Gasteiger partial charge in [-0.25, -0.2) is 8.78 Å². The Morgan fingerprint density at radius 3 is 2.33 bits per heavy atom. The number of hydrogen-bond acceptors (Lipinski definition) is 3. The SMILES string of the molecule is CCC(C)(CC)Nc1c([N+](=O)[O-])ccc(F)c1F. The quantitative estimate of drug-likeness (QED) is 0.644. The number of benzene rings is 1. The molecule has 1 aromatic rings. The maximum atomic E-state index is 13.7. The Labute approximate surface area is 104 Å². The third-order valence-electron chi connectivity index (χ3n) is 3.26. The highest BCUT2D eigenvalue weighted by atomic mass is 19.2. The molecule has 0 saturated carbocycles. The summed E-state index contributed by atoms with van der Waals surface area (Å²) in [5, 5.41) is 13.6. The smallest absolute Gasteiger partial charge is 0.295 e. The van der Waals surface area contributed by atoms with E-state index in [9.17, 15) is 18.9 Å². The van der Waals surface area contributed by atoms with E-state index in [1.165, 1.54) is 0 Å². The van der Waals surface area contributed by atoms with Crippen LogP contribution in [-0.4, -0.2) is 10.5 Å². The molecule has 0 aliphatic carbocycles. The number of halogens is 2. The van der Waals surface area contributed by atoms with Crippen molar-refractivity contribution in [1.29, 1.82) is 0 Å². The summed E-state index contributed by atoms with van der Waals surface area (Å²) in [5.41, 5.74) is -1.35. The number of rotatable bonds is 5. The van der Waals surface area contributed by atoms with Gasteiger partial charge in [0.2, 0.25) is 0 Å². The average molecular weight is 258 g/mol. The van der Waals surface area contributed by atoms with Gasteiger partial charge < -0.3 is 5.32 Å². The van der Waals surface area contributed by atoms with Crippen LogP contribution < -0.4 is 5.32 Å². The molecule has 0 aliphatic heterocycles. The van der Waals surface area contributed by atoms with Crippen LogP contribution in [0.2, 0.25) is 0 Å². The second kappa shape index (κ2) is 5.29. The van der Waals surface area contributed by atoms with Gasteiger partial charge in [-0.1, -0.05) is 13.8 Å².